The monoisotopic (exact) mass is 767 g/mol. The van der Waals surface area contributed by atoms with Crippen molar-refractivity contribution in [3.8, 4) is 44.8 Å². The molecule has 0 atom stereocenters. The van der Waals surface area contributed by atoms with Crippen LogP contribution in [0.3, 0.4) is 0 Å². The lowest BCUT2D eigenvalue weighted by Crippen LogP contribution is -2.15. The quantitative estimate of drug-likeness (QED) is 0.179. The van der Waals surface area contributed by atoms with Crippen LogP contribution in [0.4, 0.5) is 11.4 Å². The van der Waals surface area contributed by atoms with Gasteiger partial charge in [-0.3, -0.25) is 0 Å². The third-order valence-electron chi connectivity index (χ3n) is 12.9. The molecule has 1 aliphatic carbocycles. The van der Waals surface area contributed by atoms with E-state index in [0.717, 1.165) is 22.7 Å². The minimum atomic E-state index is -0.136. The van der Waals surface area contributed by atoms with Crippen LogP contribution in [0.15, 0.2) is 206 Å². The van der Waals surface area contributed by atoms with Gasteiger partial charge >= 0.3 is 0 Å². The molecule has 0 aliphatic heterocycles. The summed E-state index contributed by atoms with van der Waals surface area (Å²) in [5.41, 5.74) is 19.2. The number of hydrogen-bond acceptors (Lipinski definition) is 1. The lowest BCUT2D eigenvalue weighted by atomic mass is 9.81. The number of fused-ring (bicyclic) bond motifs is 9. The lowest BCUT2D eigenvalue weighted by Gasteiger charge is -2.23. The Labute approximate surface area is 349 Å². The standard InChI is InChI=1S/C57H41N3/c1-57(2)50-25-12-9-22-43(50)48-35-47(52(36-51(48)57)58-40-29-31-55-49(34-40)45-24-11-14-27-54(45)59(55)41-18-5-3-6-19-41)39-17-15-16-37(32-39)38-28-30-46-44-23-10-13-26-53(44)60(56(46)33-38)42-20-7-4-8-21-42/h3-36,58H,1-2H3. The second-order valence-corrected chi connectivity index (χ2v) is 16.7. The SMILES string of the molecule is CC1(C)c2ccccc2-c2cc(-c3cccc(-c4ccc5c6ccccc6n(-c6ccccc6)c5c4)c3)c(Nc3ccc4c(c3)c3ccccc3n4-c3ccccc3)cc21. The molecule has 0 amide bonds. The second-order valence-electron chi connectivity index (χ2n) is 16.7. The summed E-state index contributed by atoms with van der Waals surface area (Å²) in [5, 5.41) is 8.96. The van der Waals surface area contributed by atoms with Gasteiger partial charge in [-0.15, -0.1) is 0 Å². The minimum absolute atomic E-state index is 0.136. The molecule has 3 heteroatoms. The zero-order valence-electron chi connectivity index (χ0n) is 33.5. The van der Waals surface area contributed by atoms with Crippen molar-refractivity contribution in [1.82, 2.24) is 9.13 Å². The van der Waals surface area contributed by atoms with Crippen molar-refractivity contribution in [3.05, 3.63) is 217 Å². The van der Waals surface area contributed by atoms with E-state index in [4.69, 9.17) is 0 Å². The summed E-state index contributed by atoms with van der Waals surface area (Å²) >= 11 is 0. The Hall–Kier alpha value is -7.62. The molecular weight excluding hydrogens is 727 g/mol. The number of anilines is 2. The highest BCUT2D eigenvalue weighted by Crippen LogP contribution is 2.52. The van der Waals surface area contributed by atoms with E-state index >= 15 is 0 Å². The van der Waals surface area contributed by atoms with E-state index in [1.165, 1.54) is 88.1 Å². The van der Waals surface area contributed by atoms with Crippen molar-refractivity contribution in [3.63, 3.8) is 0 Å². The topological polar surface area (TPSA) is 21.9 Å². The Morgan fingerprint density at radius 2 is 0.933 bits per heavy atom. The normalized spacial score (nSPS) is 13.0. The Balaban J connectivity index is 1.02. The maximum absolute atomic E-state index is 3.98. The van der Waals surface area contributed by atoms with Crippen LogP contribution >= 0.6 is 0 Å². The molecule has 3 nitrogen and oxygen atoms in total. The van der Waals surface area contributed by atoms with Crippen molar-refractivity contribution < 1.29 is 0 Å². The fourth-order valence-corrected chi connectivity index (χ4v) is 10.0. The second kappa shape index (κ2) is 13.2. The average Bonchev–Trinajstić information content (AvgIpc) is 3.89. The third kappa shape index (κ3) is 5.22. The van der Waals surface area contributed by atoms with Gasteiger partial charge in [0.1, 0.15) is 0 Å². The van der Waals surface area contributed by atoms with Gasteiger partial charge < -0.3 is 14.5 Å². The first-order valence-electron chi connectivity index (χ1n) is 20.8. The van der Waals surface area contributed by atoms with E-state index in [1.807, 2.05) is 0 Å². The van der Waals surface area contributed by atoms with Gasteiger partial charge in [0, 0.05) is 55.3 Å². The number of benzene rings is 9. The summed E-state index contributed by atoms with van der Waals surface area (Å²) < 4.78 is 4.77. The molecule has 0 spiro atoms. The zero-order valence-corrected chi connectivity index (χ0v) is 33.5. The molecule has 0 saturated heterocycles. The van der Waals surface area contributed by atoms with Gasteiger partial charge in [0.05, 0.1) is 22.1 Å². The van der Waals surface area contributed by atoms with Crippen molar-refractivity contribution in [2.24, 2.45) is 0 Å². The van der Waals surface area contributed by atoms with Crippen LogP contribution in [0, 0.1) is 0 Å². The molecule has 0 bridgehead atoms. The number of nitrogens with zero attached hydrogens (tertiary/aromatic N) is 2. The summed E-state index contributed by atoms with van der Waals surface area (Å²) in [5.74, 6) is 0. The van der Waals surface area contributed by atoms with Crippen molar-refractivity contribution in [2.75, 3.05) is 5.32 Å². The molecular formula is C57H41N3. The maximum Gasteiger partial charge on any atom is 0.0547 e. The first-order valence-corrected chi connectivity index (χ1v) is 20.8. The largest absolute Gasteiger partial charge is 0.355 e. The summed E-state index contributed by atoms with van der Waals surface area (Å²) in [6, 6.07) is 75.5. The summed E-state index contributed by atoms with van der Waals surface area (Å²) in [4.78, 5) is 0. The highest BCUT2D eigenvalue weighted by molar-refractivity contribution is 6.11. The molecule has 60 heavy (non-hydrogen) atoms. The number of para-hydroxylation sites is 4. The Morgan fingerprint density at radius 3 is 1.68 bits per heavy atom. The van der Waals surface area contributed by atoms with Crippen LogP contribution in [-0.4, -0.2) is 9.13 Å². The highest BCUT2D eigenvalue weighted by atomic mass is 15.0. The molecule has 0 unspecified atom stereocenters. The van der Waals surface area contributed by atoms with Gasteiger partial charge in [-0.1, -0.05) is 141 Å². The van der Waals surface area contributed by atoms with Gasteiger partial charge in [-0.05, 0) is 118 Å². The highest BCUT2D eigenvalue weighted by Gasteiger charge is 2.36. The number of aromatic nitrogens is 2. The summed E-state index contributed by atoms with van der Waals surface area (Å²) in [6.07, 6.45) is 0. The molecule has 12 rings (SSSR count). The molecule has 2 aromatic heterocycles. The molecule has 284 valence electrons. The fourth-order valence-electron chi connectivity index (χ4n) is 10.0. The Bertz CT molecular complexity index is 3480. The van der Waals surface area contributed by atoms with Crippen molar-refractivity contribution >= 4 is 55.0 Å². The van der Waals surface area contributed by atoms with E-state index < -0.39 is 0 Å². The summed E-state index contributed by atoms with van der Waals surface area (Å²) in [6.45, 7) is 4.72. The van der Waals surface area contributed by atoms with Crippen LogP contribution in [0.2, 0.25) is 0 Å². The van der Waals surface area contributed by atoms with Crippen molar-refractivity contribution in [2.45, 2.75) is 19.3 Å². The Morgan fingerprint density at radius 1 is 0.350 bits per heavy atom. The van der Waals surface area contributed by atoms with Crippen LogP contribution in [-0.2, 0) is 5.41 Å². The Kier molecular flexibility index (Phi) is 7.58. The number of rotatable bonds is 6. The first-order chi connectivity index (χ1) is 29.5. The smallest absolute Gasteiger partial charge is 0.0547 e. The van der Waals surface area contributed by atoms with Gasteiger partial charge in [-0.2, -0.15) is 0 Å². The zero-order chi connectivity index (χ0) is 40.0. The van der Waals surface area contributed by atoms with E-state index in [9.17, 15) is 0 Å². The van der Waals surface area contributed by atoms with Crippen LogP contribution < -0.4 is 5.32 Å². The summed E-state index contributed by atoms with van der Waals surface area (Å²) in [7, 11) is 0. The number of nitrogens with one attached hydrogen (secondary N) is 1. The first kappa shape index (κ1) is 34.4. The maximum atomic E-state index is 3.98. The molecule has 0 radical (unpaired) electrons. The third-order valence-corrected chi connectivity index (χ3v) is 12.9. The van der Waals surface area contributed by atoms with E-state index in [2.05, 4.69) is 235 Å². The average molecular weight is 768 g/mol. The predicted octanol–water partition coefficient (Wildman–Crippen LogP) is 15.3. The van der Waals surface area contributed by atoms with Gasteiger partial charge in [-0.25, -0.2) is 0 Å². The molecule has 11 aromatic rings. The predicted molar refractivity (Wildman–Crippen MR) is 253 cm³/mol. The van der Waals surface area contributed by atoms with Gasteiger partial charge in [0.2, 0.25) is 0 Å². The van der Waals surface area contributed by atoms with Gasteiger partial charge in [0.15, 0.2) is 0 Å². The van der Waals surface area contributed by atoms with Crippen LogP contribution in [0.5, 0.6) is 0 Å². The van der Waals surface area contributed by atoms with E-state index in [-0.39, 0.29) is 5.41 Å². The lowest BCUT2D eigenvalue weighted by molar-refractivity contribution is 0.660. The minimum Gasteiger partial charge on any atom is -0.355 e. The van der Waals surface area contributed by atoms with E-state index in [0.29, 0.717) is 0 Å². The molecule has 9 aromatic carbocycles. The van der Waals surface area contributed by atoms with Crippen molar-refractivity contribution in [1.29, 1.82) is 0 Å². The van der Waals surface area contributed by atoms with Gasteiger partial charge in [0.25, 0.3) is 0 Å². The molecule has 2 heterocycles. The molecule has 0 fully saturated rings. The molecule has 1 aliphatic rings. The fraction of sp³-hybridized carbons (Fsp3) is 0.0526. The molecule has 0 saturated carbocycles. The molecule has 1 N–H and O–H groups in total. The van der Waals surface area contributed by atoms with Crippen LogP contribution in [0.25, 0.3) is 88.4 Å². The number of hydrogen-bond donors (Lipinski definition) is 1. The van der Waals surface area contributed by atoms with Crippen LogP contribution in [0.1, 0.15) is 25.0 Å². The van der Waals surface area contributed by atoms with E-state index in [1.54, 1.807) is 0 Å².